The first-order valence-electron chi connectivity index (χ1n) is 10.3. The summed E-state index contributed by atoms with van der Waals surface area (Å²) in [5.41, 5.74) is 3.56. The Morgan fingerprint density at radius 2 is 1.76 bits per heavy atom. The summed E-state index contributed by atoms with van der Waals surface area (Å²) >= 11 is 15.6. The van der Waals surface area contributed by atoms with Crippen molar-refractivity contribution < 1.29 is 9.59 Å². The van der Waals surface area contributed by atoms with Crippen LogP contribution in [0.4, 0.5) is 5.69 Å². The van der Waals surface area contributed by atoms with E-state index in [0.29, 0.717) is 32.6 Å². The minimum atomic E-state index is -0.264. The standard InChI is InChI=1S/C26H16BrCl2N3O2/c1-15-22(26(34)32(30-15)21-4-2-3-20(29)13-21)11-17-14-31(24-10-7-18(27)12-23(17)24)25(33)16-5-8-19(28)9-6-16/h2-14H,1H3/b22-11-. The normalized spacial score (nSPS) is 14.8. The molecule has 1 aliphatic heterocycles. The van der Waals surface area contributed by atoms with Crippen molar-refractivity contribution in [3.05, 3.63) is 104 Å². The summed E-state index contributed by atoms with van der Waals surface area (Å²) in [5.74, 6) is -0.461. The molecule has 0 saturated heterocycles. The molecule has 168 valence electrons. The van der Waals surface area contributed by atoms with Gasteiger partial charge in [-0.05, 0) is 73.7 Å². The molecule has 4 aromatic rings. The smallest absolute Gasteiger partial charge is 0.280 e. The fourth-order valence-electron chi connectivity index (χ4n) is 3.86. The molecule has 0 spiro atoms. The second-order valence-corrected chi connectivity index (χ2v) is 9.56. The summed E-state index contributed by atoms with van der Waals surface area (Å²) in [6, 6.07) is 19.4. The number of hydrazone groups is 1. The van der Waals surface area contributed by atoms with E-state index in [9.17, 15) is 9.59 Å². The number of carbonyl (C=O) groups excluding carboxylic acids is 2. The fraction of sp³-hybridized carbons (Fsp3) is 0.0385. The van der Waals surface area contributed by atoms with Crippen LogP contribution in [0.15, 0.2) is 88.1 Å². The molecule has 2 heterocycles. The molecule has 0 atom stereocenters. The van der Waals surface area contributed by atoms with Crippen molar-refractivity contribution in [2.75, 3.05) is 5.01 Å². The number of nitrogens with zero attached hydrogens (tertiary/aromatic N) is 3. The zero-order valence-corrected chi connectivity index (χ0v) is 20.9. The predicted molar refractivity (Wildman–Crippen MR) is 141 cm³/mol. The molecule has 1 amide bonds. The van der Waals surface area contributed by atoms with Crippen LogP contribution in [0.1, 0.15) is 22.8 Å². The lowest BCUT2D eigenvalue weighted by Crippen LogP contribution is -2.21. The van der Waals surface area contributed by atoms with E-state index in [0.717, 1.165) is 20.9 Å². The van der Waals surface area contributed by atoms with Crippen molar-refractivity contribution in [2.24, 2.45) is 5.10 Å². The maximum atomic E-state index is 13.3. The molecule has 0 saturated carbocycles. The van der Waals surface area contributed by atoms with Gasteiger partial charge in [-0.1, -0.05) is 45.2 Å². The van der Waals surface area contributed by atoms with Crippen molar-refractivity contribution in [3.8, 4) is 0 Å². The number of halogens is 3. The summed E-state index contributed by atoms with van der Waals surface area (Å²) in [7, 11) is 0. The minimum Gasteiger partial charge on any atom is -0.283 e. The third-order valence-electron chi connectivity index (χ3n) is 5.52. The first-order chi connectivity index (χ1) is 16.3. The van der Waals surface area contributed by atoms with Crippen LogP contribution in [-0.2, 0) is 4.79 Å². The Morgan fingerprint density at radius 1 is 1.00 bits per heavy atom. The highest BCUT2D eigenvalue weighted by Gasteiger charge is 2.29. The van der Waals surface area contributed by atoms with Gasteiger partial charge >= 0.3 is 0 Å². The molecule has 0 aliphatic carbocycles. The summed E-state index contributed by atoms with van der Waals surface area (Å²) < 4.78 is 2.44. The number of aromatic nitrogens is 1. The largest absolute Gasteiger partial charge is 0.283 e. The van der Waals surface area contributed by atoms with Crippen LogP contribution in [0.2, 0.25) is 10.0 Å². The van der Waals surface area contributed by atoms with Crippen molar-refractivity contribution in [1.82, 2.24) is 4.57 Å². The third kappa shape index (κ3) is 4.09. The van der Waals surface area contributed by atoms with Crippen LogP contribution in [0.25, 0.3) is 17.0 Å². The molecule has 0 unspecified atom stereocenters. The Morgan fingerprint density at radius 3 is 2.50 bits per heavy atom. The quantitative estimate of drug-likeness (QED) is 0.252. The molecule has 5 rings (SSSR count). The monoisotopic (exact) mass is 551 g/mol. The van der Waals surface area contributed by atoms with Crippen molar-refractivity contribution in [3.63, 3.8) is 0 Å². The van der Waals surface area contributed by atoms with Crippen LogP contribution in [0.3, 0.4) is 0 Å². The maximum Gasteiger partial charge on any atom is 0.280 e. The van der Waals surface area contributed by atoms with Gasteiger partial charge in [-0.3, -0.25) is 14.2 Å². The number of hydrogen-bond acceptors (Lipinski definition) is 3. The topological polar surface area (TPSA) is 54.7 Å². The lowest BCUT2D eigenvalue weighted by atomic mass is 10.1. The highest BCUT2D eigenvalue weighted by atomic mass is 79.9. The first-order valence-corrected chi connectivity index (χ1v) is 11.8. The van der Waals surface area contributed by atoms with E-state index in [1.807, 2.05) is 18.2 Å². The molecular formula is C26H16BrCl2N3O2. The Labute approximate surface area is 214 Å². The number of hydrogen-bond donors (Lipinski definition) is 0. The van der Waals surface area contributed by atoms with Gasteiger partial charge in [0.05, 0.1) is 22.5 Å². The van der Waals surface area contributed by atoms with Crippen molar-refractivity contribution in [2.45, 2.75) is 6.92 Å². The first kappa shape index (κ1) is 22.6. The van der Waals surface area contributed by atoms with Crippen LogP contribution in [0.5, 0.6) is 0 Å². The van der Waals surface area contributed by atoms with E-state index in [2.05, 4.69) is 21.0 Å². The summed E-state index contributed by atoms with van der Waals surface area (Å²) in [6.07, 6.45) is 3.51. The molecule has 0 radical (unpaired) electrons. The summed E-state index contributed by atoms with van der Waals surface area (Å²) in [4.78, 5) is 26.5. The Hall–Kier alpha value is -3.19. The van der Waals surface area contributed by atoms with E-state index >= 15 is 0 Å². The molecule has 5 nitrogen and oxygen atoms in total. The molecule has 1 aromatic heterocycles. The van der Waals surface area contributed by atoms with Gasteiger partial charge in [0, 0.05) is 37.2 Å². The fourth-order valence-corrected chi connectivity index (χ4v) is 4.54. The Kier molecular flexibility index (Phi) is 5.90. The predicted octanol–water partition coefficient (Wildman–Crippen LogP) is 7.21. The zero-order valence-electron chi connectivity index (χ0n) is 17.8. The van der Waals surface area contributed by atoms with Crippen molar-refractivity contribution in [1.29, 1.82) is 0 Å². The van der Waals surface area contributed by atoms with E-state index in [-0.39, 0.29) is 11.8 Å². The molecule has 1 aliphatic rings. The van der Waals surface area contributed by atoms with E-state index < -0.39 is 0 Å². The number of fused-ring (bicyclic) bond motifs is 1. The van der Waals surface area contributed by atoms with Gasteiger partial charge in [-0.2, -0.15) is 10.1 Å². The minimum absolute atomic E-state index is 0.197. The number of rotatable bonds is 3. The number of benzene rings is 3. The zero-order chi connectivity index (χ0) is 24.0. The highest BCUT2D eigenvalue weighted by molar-refractivity contribution is 9.10. The summed E-state index contributed by atoms with van der Waals surface area (Å²) in [5, 5.41) is 7.67. The molecule has 8 heteroatoms. The van der Waals surface area contributed by atoms with Crippen molar-refractivity contribution >= 4 is 79.3 Å². The molecule has 3 aromatic carbocycles. The van der Waals surface area contributed by atoms with Crippen LogP contribution < -0.4 is 5.01 Å². The van der Waals surface area contributed by atoms with Crippen LogP contribution in [0, 0.1) is 0 Å². The highest BCUT2D eigenvalue weighted by Crippen LogP contribution is 2.31. The summed E-state index contributed by atoms with van der Waals surface area (Å²) in [6.45, 7) is 1.78. The number of anilines is 1. The van der Waals surface area contributed by atoms with Gasteiger partial charge in [0.2, 0.25) is 0 Å². The second kappa shape index (κ2) is 8.87. The van der Waals surface area contributed by atoms with Crippen LogP contribution >= 0.6 is 39.1 Å². The average Bonchev–Trinajstić information content (AvgIpc) is 3.31. The van der Waals surface area contributed by atoms with Gasteiger partial charge in [0.15, 0.2) is 0 Å². The average molecular weight is 553 g/mol. The molecular weight excluding hydrogens is 537 g/mol. The number of carbonyl (C=O) groups is 2. The molecule has 0 N–H and O–H groups in total. The lowest BCUT2D eigenvalue weighted by Gasteiger charge is -2.11. The Bertz CT molecular complexity index is 1540. The van der Waals surface area contributed by atoms with Gasteiger partial charge in [-0.25, -0.2) is 0 Å². The Balaban J connectivity index is 1.60. The number of amides is 1. The lowest BCUT2D eigenvalue weighted by molar-refractivity contribution is -0.114. The van der Waals surface area contributed by atoms with Gasteiger partial charge in [0.1, 0.15) is 0 Å². The van der Waals surface area contributed by atoms with Crippen LogP contribution in [-0.4, -0.2) is 22.1 Å². The van der Waals surface area contributed by atoms with E-state index in [1.165, 1.54) is 5.01 Å². The van der Waals surface area contributed by atoms with E-state index in [4.69, 9.17) is 23.2 Å². The molecule has 0 fully saturated rings. The maximum absolute atomic E-state index is 13.3. The molecule has 34 heavy (non-hydrogen) atoms. The molecule has 0 bridgehead atoms. The van der Waals surface area contributed by atoms with E-state index in [1.54, 1.807) is 72.3 Å². The van der Waals surface area contributed by atoms with Gasteiger partial charge < -0.3 is 0 Å². The van der Waals surface area contributed by atoms with Gasteiger partial charge in [-0.15, -0.1) is 0 Å². The second-order valence-electron chi connectivity index (χ2n) is 7.77. The SMILES string of the molecule is CC1=NN(c2cccc(Cl)c2)C(=O)/C1=C\c1cn(C(=O)c2ccc(Cl)cc2)c2ccc(Br)cc12. The third-order valence-corrected chi connectivity index (χ3v) is 6.50. The van der Waals surface area contributed by atoms with Gasteiger partial charge in [0.25, 0.3) is 11.8 Å².